The molecule has 0 spiro atoms. The van der Waals surface area contributed by atoms with Gasteiger partial charge >= 0.3 is 5.97 Å². The molecular weight excluding hydrogens is 378 g/mol. The molecule has 0 saturated carbocycles. The van der Waals surface area contributed by atoms with Crippen molar-refractivity contribution in [3.63, 3.8) is 0 Å². The molecular formula is C17H16BrNO5. The Morgan fingerprint density at radius 1 is 1.29 bits per heavy atom. The Morgan fingerprint density at radius 3 is 2.83 bits per heavy atom. The average Bonchev–Trinajstić information content (AvgIpc) is 2.97. The molecule has 0 aliphatic rings. The van der Waals surface area contributed by atoms with Crippen molar-refractivity contribution in [2.24, 2.45) is 0 Å². The summed E-state index contributed by atoms with van der Waals surface area (Å²) in [7, 11) is 0. The number of amides is 1. The topological polar surface area (TPSA) is 77.8 Å². The fourth-order valence-electron chi connectivity index (χ4n) is 1.77. The Hall–Kier alpha value is -2.54. The molecule has 1 heterocycles. The van der Waals surface area contributed by atoms with Crippen molar-refractivity contribution >= 4 is 39.6 Å². The maximum Gasteiger partial charge on any atom is 0.344 e. The number of carbonyl (C=O) groups is 2. The van der Waals surface area contributed by atoms with Crippen LogP contribution in [0.1, 0.15) is 12.7 Å². The van der Waals surface area contributed by atoms with Gasteiger partial charge in [0.05, 0.1) is 6.61 Å². The molecule has 0 aliphatic carbocycles. The standard InChI is InChI=1S/C17H16BrNO5/c1-2-22-17(21)11-23-14-5-3-4-12(10-14)19-16(20)9-7-13-6-8-15(18)24-13/h3-10H,2,11H2,1H3,(H,19,20). The largest absolute Gasteiger partial charge is 0.482 e. The van der Waals surface area contributed by atoms with Gasteiger partial charge in [0, 0.05) is 17.8 Å². The molecule has 6 nitrogen and oxygen atoms in total. The Balaban J connectivity index is 1.90. The molecule has 0 fully saturated rings. The predicted octanol–water partition coefficient (Wildman–Crippen LogP) is 3.64. The lowest BCUT2D eigenvalue weighted by molar-refractivity contribution is -0.145. The van der Waals surface area contributed by atoms with Crippen molar-refractivity contribution in [1.29, 1.82) is 0 Å². The highest BCUT2D eigenvalue weighted by molar-refractivity contribution is 9.10. The molecule has 0 radical (unpaired) electrons. The zero-order valence-electron chi connectivity index (χ0n) is 13.0. The number of hydrogen-bond donors (Lipinski definition) is 1. The average molecular weight is 394 g/mol. The second kappa shape index (κ2) is 8.93. The zero-order valence-corrected chi connectivity index (χ0v) is 14.5. The lowest BCUT2D eigenvalue weighted by atomic mass is 10.3. The third-order valence-corrected chi connectivity index (χ3v) is 3.18. The quantitative estimate of drug-likeness (QED) is 0.573. The second-order valence-corrected chi connectivity index (χ2v) is 5.37. The number of halogens is 1. The van der Waals surface area contributed by atoms with Gasteiger partial charge in [-0.2, -0.15) is 0 Å². The predicted molar refractivity (Wildman–Crippen MR) is 92.6 cm³/mol. The smallest absolute Gasteiger partial charge is 0.344 e. The van der Waals surface area contributed by atoms with E-state index in [9.17, 15) is 9.59 Å². The number of esters is 1. The number of nitrogens with one attached hydrogen (secondary N) is 1. The third kappa shape index (κ3) is 5.92. The molecule has 0 bridgehead atoms. The van der Waals surface area contributed by atoms with Gasteiger partial charge in [-0.3, -0.25) is 4.79 Å². The molecule has 7 heteroatoms. The van der Waals surface area contributed by atoms with E-state index in [4.69, 9.17) is 13.9 Å². The molecule has 0 aliphatic heterocycles. The maximum absolute atomic E-state index is 11.9. The molecule has 1 aromatic carbocycles. The summed E-state index contributed by atoms with van der Waals surface area (Å²) in [5.74, 6) is 0.257. The summed E-state index contributed by atoms with van der Waals surface area (Å²) >= 11 is 3.19. The summed E-state index contributed by atoms with van der Waals surface area (Å²) < 4.78 is 15.9. The summed E-state index contributed by atoms with van der Waals surface area (Å²) in [6.07, 6.45) is 2.92. The van der Waals surface area contributed by atoms with Gasteiger partial charge in [0.1, 0.15) is 11.5 Å². The molecule has 0 atom stereocenters. The van der Waals surface area contributed by atoms with E-state index in [-0.39, 0.29) is 12.5 Å². The van der Waals surface area contributed by atoms with Crippen LogP contribution in [-0.4, -0.2) is 25.1 Å². The van der Waals surface area contributed by atoms with Crippen LogP contribution in [0, 0.1) is 0 Å². The van der Waals surface area contributed by atoms with Crippen LogP contribution in [0.25, 0.3) is 6.08 Å². The van der Waals surface area contributed by atoms with E-state index < -0.39 is 5.97 Å². The van der Waals surface area contributed by atoms with E-state index >= 15 is 0 Å². The van der Waals surface area contributed by atoms with E-state index in [2.05, 4.69) is 21.2 Å². The fourth-order valence-corrected chi connectivity index (χ4v) is 2.09. The van der Waals surface area contributed by atoms with Crippen LogP contribution in [0.15, 0.2) is 51.6 Å². The number of carbonyl (C=O) groups excluding carboxylic acids is 2. The molecule has 24 heavy (non-hydrogen) atoms. The molecule has 0 unspecified atom stereocenters. The zero-order chi connectivity index (χ0) is 17.4. The van der Waals surface area contributed by atoms with Crippen molar-refractivity contribution in [3.8, 4) is 5.75 Å². The van der Waals surface area contributed by atoms with E-state index in [0.717, 1.165) is 0 Å². The van der Waals surface area contributed by atoms with Gasteiger partial charge in [-0.05, 0) is 53.2 Å². The van der Waals surface area contributed by atoms with Gasteiger partial charge in [-0.1, -0.05) is 6.07 Å². The van der Waals surface area contributed by atoms with Crippen LogP contribution in [0.3, 0.4) is 0 Å². The normalized spacial score (nSPS) is 10.6. The first kappa shape index (κ1) is 17.8. The number of furan rings is 1. The van der Waals surface area contributed by atoms with E-state index in [1.54, 1.807) is 49.4 Å². The molecule has 1 amide bonds. The summed E-state index contributed by atoms with van der Waals surface area (Å²) in [4.78, 5) is 23.2. The minimum absolute atomic E-state index is 0.182. The Bertz CT molecular complexity index is 738. The lowest BCUT2D eigenvalue weighted by Gasteiger charge is -2.08. The molecule has 0 saturated heterocycles. The molecule has 1 aromatic heterocycles. The molecule has 1 N–H and O–H groups in total. The number of anilines is 1. The van der Waals surface area contributed by atoms with Crippen LogP contribution < -0.4 is 10.1 Å². The first-order valence-corrected chi connectivity index (χ1v) is 7.99. The fraction of sp³-hybridized carbons (Fsp3) is 0.176. The van der Waals surface area contributed by atoms with Gasteiger partial charge in [0.25, 0.3) is 0 Å². The number of rotatable bonds is 7. The summed E-state index contributed by atoms with van der Waals surface area (Å²) in [5, 5.41) is 2.70. The monoisotopic (exact) mass is 393 g/mol. The Labute approximate surface area is 147 Å². The van der Waals surface area contributed by atoms with E-state index in [1.165, 1.54) is 6.08 Å². The highest BCUT2D eigenvalue weighted by Gasteiger charge is 2.05. The van der Waals surface area contributed by atoms with Gasteiger partial charge in [0.15, 0.2) is 11.3 Å². The van der Waals surface area contributed by atoms with Crippen LogP contribution in [0.4, 0.5) is 5.69 Å². The van der Waals surface area contributed by atoms with E-state index in [0.29, 0.717) is 28.5 Å². The van der Waals surface area contributed by atoms with Gasteiger partial charge in [0.2, 0.25) is 5.91 Å². The number of ether oxygens (including phenoxy) is 2. The van der Waals surface area contributed by atoms with Crippen LogP contribution >= 0.6 is 15.9 Å². The highest BCUT2D eigenvalue weighted by atomic mass is 79.9. The van der Waals surface area contributed by atoms with Gasteiger partial charge in [-0.15, -0.1) is 0 Å². The van der Waals surface area contributed by atoms with Gasteiger partial charge < -0.3 is 19.2 Å². The first-order valence-electron chi connectivity index (χ1n) is 7.19. The molecule has 2 aromatic rings. The first-order chi connectivity index (χ1) is 11.6. The minimum Gasteiger partial charge on any atom is -0.482 e. The summed E-state index contributed by atoms with van der Waals surface area (Å²) in [6.45, 7) is 1.85. The maximum atomic E-state index is 11.9. The Morgan fingerprint density at radius 2 is 2.12 bits per heavy atom. The van der Waals surface area contributed by atoms with Crippen molar-refractivity contribution < 1.29 is 23.5 Å². The van der Waals surface area contributed by atoms with Gasteiger partial charge in [-0.25, -0.2) is 4.79 Å². The van der Waals surface area contributed by atoms with E-state index in [1.807, 2.05) is 0 Å². The third-order valence-electron chi connectivity index (χ3n) is 2.76. The van der Waals surface area contributed by atoms with Crippen LogP contribution in [0.5, 0.6) is 5.75 Å². The Kier molecular flexibility index (Phi) is 6.62. The number of benzene rings is 1. The lowest BCUT2D eigenvalue weighted by Crippen LogP contribution is -2.14. The van der Waals surface area contributed by atoms with Crippen molar-refractivity contribution in [2.45, 2.75) is 6.92 Å². The SMILES string of the molecule is CCOC(=O)COc1cccc(NC(=O)C=Cc2ccc(Br)o2)c1. The second-order valence-electron chi connectivity index (χ2n) is 4.59. The van der Waals surface area contributed by atoms with Crippen molar-refractivity contribution in [1.82, 2.24) is 0 Å². The highest BCUT2D eigenvalue weighted by Crippen LogP contribution is 2.18. The molecule has 2 rings (SSSR count). The van der Waals surface area contributed by atoms with Crippen LogP contribution in [0.2, 0.25) is 0 Å². The van der Waals surface area contributed by atoms with Crippen LogP contribution in [-0.2, 0) is 14.3 Å². The number of hydrogen-bond acceptors (Lipinski definition) is 5. The summed E-state index contributed by atoms with van der Waals surface area (Å²) in [5.41, 5.74) is 0.548. The molecule has 126 valence electrons. The van der Waals surface area contributed by atoms with Crippen molar-refractivity contribution in [3.05, 3.63) is 52.9 Å². The minimum atomic E-state index is -0.445. The summed E-state index contributed by atoms with van der Waals surface area (Å²) in [6, 6.07) is 10.2. The van der Waals surface area contributed by atoms with Crippen molar-refractivity contribution in [2.75, 3.05) is 18.5 Å².